The molecule has 0 bridgehead atoms. The Balaban J connectivity index is 1.75. The predicted octanol–water partition coefficient (Wildman–Crippen LogP) is 11.2. The second-order valence-electron chi connectivity index (χ2n) is 14.0. The molecular formula is C34H41Cl2N. The third-order valence-electron chi connectivity index (χ3n) is 9.29. The van der Waals surface area contributed by atoms with Gasteiger partial charge in [0.2, 0.25) is 0 Å². The molecule has 0 saturated heterocycles. The Morgan fingerprint density at radius 1 is 0.459 bits per heavy atom. The molecule has 3 aromatic rings. The average molecular weight is 535 g/mol. The van der Waals surface area contributed by atoms with Gasteiger partial charge in [-0.25, -0.2) is 0 Å². The minimum Gasteiger partial charge on any atom is -0.310 e. The van der Waals surface area contributed by atoms with Crippen LogP contribution in [0.3, 0.4) is 0 Å². The largest absolute Gasteiger partial charge is 0.310 e. The maximum absolute atomic E-state index is 6.55. The Labute approximate surface area is 234 Å². The fraction of sp³-hybridized carbons (Fsp3) is 0.471. The molecule has 0 amide bonds. The zero-order valence-corrected chi connectivity index (χ0v) is 25.2. The fourth-order valence-corrected chi connectivity index (χ4v) is 7.06. The van der Waals surface area contributed by atoms with Crippen molar-refractivity contribution in [1.82, 2.24) is 0 Å². The maximum atomic E-state index is 6.55. The smallest absolute Gasteiger partial charge is 0.0491 e. The molecule has 1 nitrogen and oxygen atoms in total. The molecule has 0 unspecified atom stereocenters. The molecule has 0 fully saturated rings. The van der Waals surface area contributed by atoms with E-state index >= 15 is 0 Å². The first kappa shape index (κ1) is 26.6. The van der Waals surface area contributed by atoms with E-state index in [1.165, 1.54) is 47.9 Å². The van der Waals surface area contributed by atoms with Crippen LogP contribution in [0.2, 0.25) is 10.0 Å². The highest BCUT2D eigenvalue weighted by Gasteiger charge is 2.39. The van der Waals surface area contributed by atoms with Gasteiger partial charge in [0.05, 0.1) is 0 Å². The highest BCUT2D eigenvalue weighted by molar-refractivity contribution is 6.35. The Morgan fingerprint density at radius 2 is 0.811 bits per heavy atom. The lowest BCUT2D eigenvalue weighted by atomic mass is 9.63. The number of hydrogen-bond donors (Lipinski definition) is 0. The van der Waals surface area contributed by atoms with Crippen LogP contribution >= 0.6 is 23.2 Å². The lowest BCUT2D eigenvalue weighted by molar-refractivity contribution is 0.332. The zero-order chi connectivity index (χ0) is 27.0. The number of hydrogen-bond acceptors (Lipinski definition) is 1. The minimum atomic E-state index is 0.125. The van der Waals surface area contributed by atoms with Gasteiger partial charge in [-0.15, -0.1) is 0 Å². The van der Waals surface area contributed by atoms with Gasteiger partial charge in [0.1, 0.15) is 0 Å². The minimum absolute atomic E-state index is 0.125. The summed E-state index contributed by atoms with van der Waals surface area (Å²) in [4.78, 5) is 2.34. The van der Waals surface area contributed by atoms with E-state index in [2.05, 4.69) is 96.7 Å². The molecule has 0 N–H and O–H groups in total. The van der Waals surface area contributed by atoms with Gasteiger partial charge < -0.3 is 4.90 Å². The summed E-state index contributed by atoms with van der Waals surface area (Å²) in [6.07, 6.45) is 4.77. The van der Waals surface area contributed by atoms with Crippen molar-refractivity contribution >= 4 is 40.3 Å². The van der Waals surface area contributed by atoms with E-state index in [-0.39, 0.29) is 21.7 Å². The average Bonchev–Trinajstić information content (AvgIpc) is 2.80. The summed E-state index contributed by atoms with van der Waals surface area (Å²) in [5.41, 5.74) is 9.70. The Bertz CT molecular complexity index is 1260. The molecule has 0 radical (unpaired) electrons. The quantitative estimate of drug-likeness (QED) is 0.323. The van der Waals surface area contributed by atoms with Gasteiger partial charge in [0.15, 0.2) is 0 Å². The van der Waals surface area contributed by atoms with Crippen LogP contribution in [0, 0.1) is 0 Å². The highest BCUT2D eigenvalue weighted by atomic mass is 35.5. The molecule has 3 aromatic carbocycles. The summed E-state index contributed by atoms with van der Waals surface area (Å²) in [6.45, 7) is 19.0. The second-order valence-corrected chi connectivity index (χ2v) is 14.8. The molecule has 2 aliphatic carbocycles. The van der Waals surface area contributed by atoms with Gasteiger partial charge in [-0.3, -0.25) is 0 Å². The Morgan fingerprint density at radius 3 is 1.19 bits per heavy atom. The van der Waals surface area contributed by atoms with Crippen molar-refractivity contribution in [3.63, 3.8) is 0 Å². The van der Waals surface area contributed by atoms with E-state index < -0.39 is 0 Å². The van der Waals surface area contributed by atoms with Crippen LogP contribution in [0.25, 0.3) is 0 Å². The van der Waals surface area contributed by atoms with E-state index in [9.17, 15) is 0 Å². The van der Waals surface area contributed by atoms with Crippen LogP contribution in [0.4, 0.5) is 17.1 Å². The van der Waals surface area contributed by atoms with Crippen molar-refractivity contribution in [3.8, 4) is 0 Å². The van der Waals surface area contributed by atoms with E-state index in [1.54, 1.807) is 0 Å². The number of benzene rings is 3. The molecular weight excluding hydrogens is 493 g/mol. The van der Waals surface area contributed by atoms with Crippen LogP contribution in [0.1, 0.15) is 103 Å². The van der Waals surface area contributed by atoms with Gasteiger partial charge in [-0.05, 0) is 112 Å². The number of rotatable bonds is 3. The number of halogens is 2. The molecule has 5 rings (SSSR count). The van der Waals surface area contributed by atoms with Crippen molar-refractivity contribution in [1.29, 1.82) is 0 Å². The van der Waals surface area contributed by atoms with Crippen molar-refractivity contribution in [2.24, 2.45) is 0 Å². The van der Waals surface area contributed by atoms with E-state index in [0.29, 0.717) is 10.0 Å². The predicted molar refractivity (Wildman–Crippen MR) is 162 cm³/mol. The van der Waals surface area contributed by atoms with E-state index in [0.717, 1.165) is 17.1 Å². The highest BCUT2D eigenvalue weighted by Crippen LogP contribution is 2.50. The third-order valence-corrected chi connectivity index (χ3v) is 9.73. The summed E-state index contributed by atoms with van der Waals surface area (Å²) in [5, 5.41) is 1.29. The molecule has 0 aromatic heterocycles. The first-order valence-electron chi connectivity index (χ1n) is 13.7. The van der Waals surface area contributed by atoms with Gasteiger partial charge >= 0.3 is 0 Å². The van der Waals surface area contributed by atoms with Crippen molar-refractivity contribution in [2.75, 3.05) is 4.90 Å². The van der Waals surface area contributed by atoms with Crippen molar-refractivity contribution < 1.29 is 0 Å². The Hall–Kier alpha value is -1.96. The second kappa shape index (κ2) is 8.78. The fourth-order valence-electron chi connectivity index (χ4n) is 6.55. The van der Waals surface area contributed by atoms with Gasteiger partial charge in [0.25, 0.3) is 0 Å². The van der Waals surface area contributed by atoms with Gasteiger partial charge in [-0.2, -0.15) is 0 Å². The number of fused-ring (bicyclic) bond motifs is 2. The summed E-state index contributed by atoms with van der Waals surface area (Å²) in [7, 11) is 0. The summed E-state index contributed by atoms with van der Waals surface area (Å²) >= 11 is 13.1. The molecule has 0 spiro atoms. The van der Waals surface area contributed by atoms with Gasteiger partial charge in [-0.1, -0.05) is 90.7 Å². The third kappa shape index (κ3) is 4.72. The summed E-state index contributed by atoms with van der Waals surface area (Å²) in [6, 6.07) is 20.0. The molecule has 196 valence electrons. The van der Waals surface area contributed by atoms with Crippen LogP contribution in [0.15, 0.2) is 54.6 Å². The topological polar surface area (TPSA) is 3.24 Å². The SMILES string of the molecule is CC1(C)CCC(C)(C)c2cc(N(c3cc(Cl)cc(Cl)c3)c3ccc4c(c3)C(C)(C)CCC4(C)C)ccc21. The lowest BCUT2D eigenvalue weighted by Gasteiger charge is -2.43. The normalized spacial score (nSPS) is 20.6. The monoisotopic (exact) mass is 533 g/mol. The molecule has 3 heteroatoms. The first-order chi connectivity index (χ1) is 17.1. The Kier molecular flexibility index (Phi) is 6.32. The summed E-state index contributed by atoms with van der Waals surface area (Å²) < 4.78 is 0. The van der Waals surface area contributed by atoms with E-state index in [4.69, 9.17) is 23.2 Å². The van der Waals surface area contributed by atoms with E-state index in [1.807, 2.05) is 18.2 Å². The van der Waals surface area contributed by atoms with Crippen LogP contribution in [0.5, 0.6) is 0 Å². The van der Waals surface area contributed by atoms with Crippen LogP contribution < -0.4 is 4.90 Å². The van der Waals surface area contributed by atoms with Crippen molar-refractivity contribution in [3.05, 3.63) is 86.9 Å². The zero-order valence-electron chi connectivity index (χ0n) is 23.7. The lowest BCUT2D eigenvalue weighted by Crippen LogP contribution is -2.34. The first-order valence-corrected chi connectivity index (χ1v) is 14.4. The standard InChI is InChI=1S/C34H41Cl2N/c1-31(2)13-15-33(5,6)29-20-24(9-11-27(29)31)37(26-18-22(35)17-23(36)19-26)25-10-12-28-30(21-25)34(7,8)16-14-32(28,3)4/h9-12,17-21H,13-16H2,1-8H3. The van der Waals surface area contributed by atoms with Gasteiger partial charge in [0, 0.05) is 27.1 Å². The molecule has 0 aliphatic heterocycles. The number of anilines is 3. The molecule has 37 heavy (non-hydrogen) atoms. The van der Waals surface area contributed by atoms with Crippen LogP contribution in [-0.4, -0.2) is 0 Å². The van der Waals surface area contributed by atoms with Crippen molar-refractivity contribution in [2.45, 2.75) is 103 Å². The molecule has 2 aliphatic rings. The molecule has 0 saturated carbocycles. The van der Waals surface area contributed by atoms with Crippen LogP contribution in [-0.2, 0) is 21.7 Å². The molecule has 0 atom stereocenters. The maximum Gasteiger partial charge on any atom is 0.0491 e. The summed E-state index contributed by atoms with van der Waals surface area (Å²) in [5.74, 6) is 0. The number of nitrogens with zero attached hydrogens (tertiary/aromatic N) is 1. The molecule has 0 heterocycles.